The second kappa shape index (κ2) is 5.95. The number of hydrogen-bond donors (Lipinski definition) is 1. The number of rotatable bonds is 3. The summed E-state index contributed by atoms with van der Waals surface area (Å²) in [4.78, 5) is 14.0. The number of nitrogens with one attached hydrogen (secondary N) is 1. The van der Waals surface area contributed by atoms with Crippen LogP contribution in [0.1, 0.15) is 27.2 Å². The maximum absolute atomic E-state index is 13.3. The average molecular weight is 364 g/mol. The number of aromatic nitrogens is 4. The highest BCUT2D eigenvalue weighted by molar-refractivity contribution is 7.15. The molecule has 0 saturated heterocycles. The van der Waals surface area contributed by atoms with E-state index in [9.17, 15) is 9.18 Å². The number of carbonyl (C=O) groups excluding carboxylic acids is 1. The number of thiophene rings is 1. The molecule has 24 heavy (non-hydrogen) atoms. The fourth-order valence-electron chi connectivity index (χ4n) is 2.81. The van der Waals surface area contributed by atoms with Crippen LogP contribution >= 0.6 is 22.9 Å². The van der Waals surface area contributed by atoms with Crippen molar-refractivity contribution in [3.63, 3.8) is 0 Å². The van der Waals surface area contributed by atoms with Crippen LogP contribution in [-0.2, 0) is 12.8 Å². The summed E-state index contributed by atoms with van der Waals surface area (Å²) in [6, 6.07) is 4.08. The lowest BCUT2D eigenvalue weighted by molar-refractivity contribution is 0.102. The van der Waals surface area contributed by atoms with E-state index >= 15 is 0 Å². The number of halogens is 2. The van der Waals surface area contributed by atoms with Gasteiger partial charge in [-0.2, -0.15) is 4.68 Å². The Labute approximate surface area is 145 Å². The van der Waals surface area contributed by atoms with Crippen molar-refractivity contribution in [3.05, 3.63) is 51.4 Å². The van der Waals surface area contributed by atoms with Crippen molar-refractivity contribution in [2.75, 3.05) is 5.32 Å². The van der Waals surface area contributed by atoms with E-state index in [1.165, 1.54) is 45.4 Å². The summed E-state index contributed by atoms with van der Waals surface area (Å²) in [6.07, 6.45) is 4.29. The Morgan fingerprint density at radius 3 is 3.00 bits per heavy atom. The number of aryl methyl sites for hydroxylation is 1. The number of carbonyl (C=O) groups is 1. The van der Waals surface area contributed by atoms with Crippen LogP contribution in [0.25, 0.3) is 5.00 Å². The second-order valence-corrected chi connectivity index (χ2v) is 6.87. The topological polar surface area (TPSA) is 72.7 Å². The van der Waals surface area contributed by atoms with Crippen LogP contribution in [0, 0.1) is 5.82 Å². The van der Waals surface area contributed by atoms with Gasteiger partial charge in [-0.15, -0.1) is 16.4 Å². The van der Waals surface area contributed by atoms with Gasteiger partial charge < -0.3 is 5.32 Å². The van der Waals surface area contributed by atoms with Gasteiger partial charge >= 0.3 is 0 Å². The smallest absolute Gasteiger partial charge is 0.259 e. The van der Waals surface area contributed by atoms with Crippen molar-refractivity contribution in [2.45, 2.75) is 19.3 Å². The summed E-state index contributed by atoms with van der Waals surface area (Å²) in [5.41, 5.74) is 2.04. The second-order valence-electron chi connectivity index (χ2n) is 5.37. The first-order valence-corrected chi connectivity index (χ1v) is 8.47. The Balaban J connectivity index is 1.72. The number of benzene rings is 1. The predicted octanol–water partition coefficient (Wildman–Crippen LogP) is 3.26. The van der Waals surface area contributed by atoms with Gasteiger partial charge in [0.15, 0.2) is 0 Å². The molecule has 1 N–H and O–H groups in total. The summed E-state index contributed by atoms with van der Waals surface area (Å²) >= 11 is 7.30. The first kappa shape index (κ1) is 15.2. The normalized spacial score (nSPS) is 13.1. The number of anilines is 1. The molecule has 0 aliphatic heterocycles. The monoisotopic (exact) mass is 363 g/mol. The van der Waals surface area contributed by atoms with Gasteiger partial charge in [0.25, 0.3) is 5.91 Å². The fourth-order valence-corrected chi connectivity index (χ4v) is 4.29. The Hall–Kier alpha value is -2.32. The number of amides is 1. The van der Waals surface area contributed by atoms with Crippen LogP contribution in [-0.4, -0.2) is 26.1 Å². The van der Waals surface area contributed by atoms with Crippen LogP contribution in [0.15, 0.2) is 24.5 Å². The third-order valence-electron chi connectivity index (χ3n) is 3.86. The van der Waals surface area contributed by atoms with Crippen LogP contribution < -0.4 is 5.32 Å². The maximum atomic E-state index is 13.3. The molecule has 0 bridgehead atoms. The van der Waals surface area contributed by atoms with Crippen molar-refractivity contribution in [3.8, 4) is 5.00 Å². The molecule has 0 spiro atoms. The minimum Gasteiger partial charge on any atom is -0.322 e. The van der Waals surface area contributed by atoms with Gasteiger partial charge in [0.1, 0.15) is 17.1 Å². The van der Waals surface area contributed by atoms with E-state index in [-0.39, 0.29) is 10.9 Å². The molecule has 0 fully saturated rings. The molecule has 9 heteroatoms. The number of tetrazole rings is 1. The number of nitrogens with zero attached hydrogens (tertiary/aromatic N) is 4. The summed E-state index contributed by atoms with van der Waals surface area (Å²) < 4.78 is 14.8. The SMILES string of the molecule is O=C(Nc1ccc(F)c(Cl)c1)c1c(-n2cnnn2)sc2c1CCC2. The Morgan fingerprint density at radius 2 is 2.25 bits per heavy atom. The summed E-state index contributed by atoms with van der Waals surface area (Å²) in [5.74, 6) is -0.803. The lowest BCUT2D eigenvalue weighted by Gasteiger charge is -2.08. The van der Waals surface area contributed by atoms with Crippen molar-refractivity contribution in [1.82, 2.24) is 20.2 Å². The highest BCUT2D eigenvalue weighted by Crippen LogP contribution is 2.37. The molecule has 1 aliphatic rings. The largest absolute Gasteiger partial charge is 0.322 e. The van der Waals surface area contributed by atoms with Gasteiger partial charge in [0, 0.05) is 10.6 Å². The molecule has 0 saturated carbocycles. The van der Waals surface area contributed by atoms with E-state index in [2.05, 4.69) is 20.8 Å². The van der Waals surface area contributed by atoms with Gasteiger partial charge in [0.2, 0.25) is 0 Å². The first-order chi connectivity index (χ1) is 11.6. The lowest BCUT2D eigenvalue weighted by Crippen LogP contribution is -2.15. The van der Waals surface area contributed by atoms with E-state index in [4.69, 9.17) is 11.6 Å². The molecule has 1 aromatic carbocycles. The van der Waals surface area contributed by atoms with E-state index in [1.807, 2.05) is 0 Å². The molecule has 1 amide bonds. The fraction of sp³-hybridized carbons (Fsp3) is 0.200. The molecular formula is C15H11ClFN5OS. The standard InChI is InChI=1S/C15H11ClFN5OS/c16-10-6-8(4-5-11(10)17)19-14(23)13-9-2-1-3-12(9)24-15(13)22-7-18-20-21-22/h4-7H,1-3H2,(H,19,23). The van der Waals surface area contributed by atoms with E-state index in [0.717, 1.165) is 24.8 Å². The van der Waals surface area contributed by atoms with E-state index in [1.54, 1.807) is 0 Å². The van der Waals surface area contributed by atoms with Crippen molar-refractivity contribution < 1.29 is 9.18 Å². The van der Waals surface area contributed by atoms with Gasteiger partial charge in [-0.25, -0.2) is 4.39 Å². The third kappa shape index (κ3) is 2.57. The van der Waals surface area contributed by atoms with E-state index < -0.39 is 5.82 Å². The molecular weight excluding hydrogens is 353 g/mol. The van der Waals surface area contributed by atoms with E-state index in [0.29, 0.717) is 16.3 Å². The van der Waals surface area contributed by atoms with Crippen molar-refractivity contribution in [2.24, 2.45) is 0 Å². The zero-order valence-corrected chi connectivity index (χ0v) is 13.9. The first-order valence-electron chi connectivity index (χ1n) is 7.28. The quantitative estimate of drug-likeness (QED) is 0.775. The molecule has 122 valence electrons. The number of hydrogen-bond acceptors (Lipinski definition) is 5. The third-order valence-corrected chi connectivity index (χ3v) is 5.44. The predicted molar refractivity (Wildman–Crippen MR) is 88.4 cm³/mol. The minimum atomic E-state index is -0.527. The van der Waals surface area contributed by atoms with Crippen LogP contribution in [0.4, 0.5) is 10.1 Å². The molecule has 2 heterocycles. The molecule has 0 unspecified atom stereocenters. The Kier molecular flexibility index (Phi) is 3.78. The van der Waals surface area contributed by atoms with Crippen molar-refractivity contribution >= 4 is 34.5 Å². The molecule has 0 radical (unpaired) electrons. The van der Waals surface area contributed by atoms with Crippen LogP contribution in [0.3, 0.4) is 0 Å². The Morgan fingerprint density at radius 1 is 1.38 bits per heavy atom. The van der Waals surface area contributed by atoms with Gasteiger partial charge in [0.05, 0.1) is 10.6 Å². The molecule has 0 atom stereocenters. The van der Waals surface area contributed by atoms with Crippen LogP contribution in [0.5, 0.6) is 0 Å². The van der Waals surface area contributed by atoms with Gasteiger partial charge in [-0.1, -0.05) is 11.6 Å². The molecule has 4 rings (SSSR count). The summed E-state index contributed by atoms with van der Waals surface area (Å²) in [6.45, 7) is 0. The number of fused-ring (bicyclic) bond motifs is 1. The highest BCUT2D eigenvalue weighted by atomic mass is 35.5. The minimum absolute atomic E-state index is 0.0379. The van der Waals surface area contributed by atoms with Crippen LogP contribution in [0.2, 0.25) is 5.02 Å². The zero-order valence-electron chi connectivity index (χ0n) is 12.3. The van der Waals surface area contributed by atoms with Crippen molar-refractivity contribution in [1.29, 1.82) is 0 Å². The summed E-state index contributed by atoms with van der Waals surface area (Å²) in [5, 5.41) is 14.6. The molecule has 1 aliphatic carbocycles. The Bertz CT molecular complexity index is 924. The highest BCUT2D eigenvalue weighted by Gasteiger charge is 2.28. The molecule has 2 aromatic heterocycles. The lowest BCUT2D eigenvalue weighted by atomic mass is 10.1. The zero-order chi connectivity index (χ0) is 16.7. The summed E-state index contributed by atoms with van der Waals surface area (Å²) in [7, 11) is 0. The maximum Gasteiger partial charge on any atom is 0.259 e. The van der Waals surface area contributed by atoms with Gasteiger partial charge in [-0.3, -0.25) is 4.79 Å². The molecule has 3 aromatic rings. The van der Waals surface area contributed by atoms with Gasteiger partial charge in [-0.05, 0) is 53.5 Å². The molecule has 6 nitrogen and oxygen atoms in total. The average Bonchev–Trinajstić information content (AvgIpc) is 3.25.